The fourth-order valence-corrected chi connectivity index (χ4v) is 1.90. The van der Waals surface area contributed by atoms with Gasteiger partial charge in [0.15, 0.2) is 6.29 Å². The lowest BCUT2D eigenvalue weighted by Gasteiger charge is -2.05. The molecular weight excluding hydrogens is 240 g/mol. The average molecular weight is 252 g/mol. The molecule has 0 spiro atoms. The molecule has 0 fully saturated rings. The molecule has 0 aliphatic heterocycles. The number of fused-ring (bicyclic) bond motifs is 1. The average Bonchev–Trinajstić information content (AvgIpc) is 2.88. The maximum atomic E-state index is 10.7. The number of aldehydes is 1. The van der Waals surface area contributed by atoms with Crippen molar-refractivity contribution in [2.24, 2.45) is 0 Å². The zero-order chi connectivity index (χ0) is 13.1. The van der Waals surface area contributed by atoms with Crippen LogP contribution in [0.15, 0.2) is 48.7 Å². The molecule has 0 bridgehead atoms. The first kappa shape index (κ1) is 11.5. The molecule has 4 heteroatoms. The molecule has 0 unspecified atom stereocenters. The molecule has 2 heterocycles. The van der Waals surface area contributed by atoms with Crippen LogP contribution in [-0.4, -0.2) is 16.3 Å². The molecule has 0 aliphatic rings. The number of hydrogen-bond acceptors (Lipinski definition) is 3. The summed E-state index contributed by atoms with van der Waals surface area (Å²) in [6, 6.07) is 13.6. The number of carbonyl (C=O) groups is 1. The first-order valence-corrected chi connectivity index (χ1v) is 5.96. The minimum absolute atomic E-state index is 0.499. The Morgan fingerprint density at radius 3 is 2.84 bits per heavy atom. The highest BCUT2D eigenvalue weighted by molar-refractivity contribution is 5.86. The summed E-state index contributed by atoms with van der Waals surface area (Å²) in [5.74, 6) is 0.688. The Morgan fingerprint density at radius 2 is 2.05 bits per heavy atom. The van der Waals surface area contributed by atoms with Crippen molar-refractivity contribution in [2.45, 2.75) is 6.61 Å². The van der Waals surface area contributed by atoms with Crippen molar-refractivity contribution in [3.63, 3.8) is 0 Å². The van der Waals surface area contributed by atoms with Gasteiger partial charge in [0.25, 0.3) is 0 Å². The predicted molar refractivity (Wildman–Crippen MR) is 72.3 cm³/mol. The van der Waals surface area contributed by atoms with Gasteiger partial charge in [-0.2, -0.15) is 0 Å². The molecule has 3 aromatic rings. The minimum atomic E-state index is 0.499. The standard InChI is InChI=1S/C15H12N2O2/c18-9-13-6-12-7-14(8-16-15(12)17-13)19-10-11-4-2-1-3-5-11/h1-9H,10H2,(H,16,17). The van der Waals surface area contributed by atoms with E-state index in [2.05, 4.69) is 9.97 Å². The Hall–Kier alpha value is -2.62. The van der Waals surface area contributed by atoms with Crippen molar-refractivity contribution in [2.75, 3.05) is 0 Å². The van der Waals surface area contributed by atoms with Crippen LogP contribution in [0.5, 0.6) is 5.75 Å². The normalized spacial score (nSPS) is 10.5. The quantitative estimate of drug-likeness (QED) is 0.726. The van der Waals surface area contributed by atoms with Gasteiger partial charge in [0.1, 0.15) is 18.0 Å². The van der Waals surface area contributed by atoms with Gasteiger partial charge in [0, 0.05) is 5.39 Å². The van der Waals surface area contributed by atoms with E-state index in [1.807, 2.05) is 36.4 Å². The summed E-state index contributed by atoms with van der Waals surface area (Å²) < 4.78 is 5.68. The van der Waals surface area contributed by atoms with Crippen LogP contribution in [0.2, 0.25) is 0 Å². The van der Waals surface area contributed by atoms with Gasteiger partial charge < -0.3 is 9.72 Å². The predicted octanol–water partition coefficient (Wildman–Crippen LogP) is 2.95. The lowest BCUT2D eigenvalue weighted by molar-refractivity contribution is 0.111. The van der Waals surface area contributed by atoms with Gasteiger partial charge in [-0.25, -0.2) is 4.98 Å². The Bertz CT molecular complexity index is 704. The van der Waals surface area contributed by atoms with E-state index in [-0.39, 0.29) is 0 Å². The Kier molecular flexibility index (Phi) is 2.98. The second kappa shape index (κ2) is 4.94. The molecule has 0 atom stereocenters. The van der Waals surface area contributed by atoms with Gasteiger partial charge in [-0.15, -0.1) is 0 Å². The monoisotopic (exact) mass is 252 g/mol. The highest BCUT2D eigenvalue weighted by Crippen LogP contribution is 2.19. The summed E-state index contributed by atoms with van der Waals surface area (Å²) in [5.41, 5.74) is 2.31. The first-order chi connectivity index (χ1) is 9.35. The molecule has 0 amide bonds. The van der Waals surface area contributed by atoms with Crippen LogP contribution in [0.3, 0.4) is 0 Å². The Balaban J connectivity index is 1.79. The number of benzene rings is 1. The van der Waals surface area contributed by atoms with E-state index in [0.29, 0.717) is 23.7 Å². The van der Waals surface area contributed by atoms with Crippen molar-refractivity contribution in [1.29, 1.82) is 0 Å². The van der Waals surface area contributed by atoms with Crippen LogP contribution in [0.1, 0.15) is 16.1 Å². The second-order valence-electron chi connectivity index (χ2n) is 4.23. The number of aromatic nitrogens is 2. The number of hydrogen-bond donors (Lipinski definition) is 1. The molecular formula is C15H12N2O2. The maximum absolute atomic E-state index is 10.7. The fourth-order valence-electron chi connectivity index (χ4n) is 1.90. The third kappa shape index (κ3) is 2.47. The topological polar surface area (TPSA) is 55.0 Å². The molecule has 0 aliphatic carbocycles. The molecule has 3 rings (SSSR count). The van der Waals surface area contributed by atoms with Gasteiger partial charge in [0.2, 0.25) is 0 Å². The number of nitrogens with zero attached hydrogens (tertiary/aromatic N) is 1. The number of pyridine rings is 1. The van der Waals surface area contributed by atoms with Gasteiger partial charge >= 0.3 is 0 Å². The summed E-state index contributed by atoms with van der Waals surface area (Å²) in [7, 11) is 0. The zero-order valence-electron chi connectivity index (χ0n) is 10.2. The number of H-pyrrole nitrogens is 1. The van der Waals surface area contributed by atoms with Crippen LogP contribution in [0.25, 0.3) is 11.0 Å². The van der Waals surface area contributed by atoms with E-state index >= 15 is 0 Å². The van der Waals surface area contributed by atoms with E-state index in [1.165, 1.54) is 0 Å². The molecule has 94 valence electrons. The summed E-state index contributed by atoms with van der Waals surface area (Å²) in [6.45, 7) is 0.499. The molecule has 1 N–H and O–H groups in total. The third-order valence-corrected chi connectivity index (χ3v) is 2.84. The highest BCUT2D eigenvalue weighted by atomic mass is 16.5. The van der Waals surface area contributed by atoms with Crippen LogP contribution >= 0.6 is 0 Å². The number of ether oxygens (including phenoxy) is 1. The van der Waals surface area contributed by atoms with Crippen LogP contribution in [0, 0.1) is 0 Å². The van der Waals surface area contributed by atoms with Gasteiger partial charge in [0.05, 0.1) is 11.9 Å². The minimum Gasteiger partial charge on any atom is -0.487 e. The van der Waals surface area contributed by atoms with E-state index in [0.717, 1.165) is 17.2 Å². The lowest BCUT2D eigenvalue weighted by atomic mass is 10.2. The molecule has 0 saturated carbocycles. The third-order valence-electron chi connectivity index (χ3n) is 2.84. The summed E-state index contributed by atoms with van der Waals surface area (Å²) in [4.78, 5) is 17.8. The zero-order valence-corrected chi connectivity index (χ0v) is 10.2. The maximum Gasteiger partial charge on any atom is 0.166 e. The lowest BCUT2D eigenvalue weighted by Crippen LogP contribution is -1.95. The fraction of sp³-hybridized carbons (Fsp3) is 0.0667. The van der Waals surface area contributed by atoms with Gasteiger partial charge in [-0.05, 0) is 17.7 Å². The first-order valence-electron chi connectivity index (χ1n) is 5.96. The second-order valence-corrected chi connectivity index (χ2v) is 4.23. The van der Waals surface area contributed by atoms with Crippen molar-refractivity contribution >= 4 is 17.3 Å². The van der Waals surface area contributed by atoms with Crippen molar-refractivity contribution in [3.8, 4) is 5.75 Å². The van der Waals surface area contributed by atoms with E-state index < -0.39 is 0 Å². The Labute approximate surface area is 110 Å². The smallest absolute Gasteiger partial charge is 0.166 e. The van der Waals surface area contributed by atoms with E-state index in [4.69, 9.17) is 4.74 Å². The summed E-state index contributed by atoms with van der Waals surface area (Å²) in [6.07, 6.45) is 2.42. The largest absolute Gasteiger partial charge is 0.487 e. The van der Waals surface area contributed by atoms with E-state index in [1.54, 1.807) is 12.3 Å². The molecule has 19 heavy (non-hydrogen) atoms. The van der Waals surface area contributed by atoms with Crippen LogP contribution < -0.4 is 4.74 Å². The van der Waals surface area contributed by atoms with E-state index in [9.17, 15) is 4.79 Å². The SMILES string of the molecule is O=Cc1cc2cc(OCc3ccccc3)cnc2[nH]1. The van der Waals surface area contributed by atoms with Crippen LogP contribution in [-0.2, 0) is 6.61 Å². The molecule has 0 radical (unpaired) electrons. The van der Waals surface area contributed by atoms with Crippen molar-refractivity contribution < 1.29 is 9.53 Å². The highest BCUT2D eigenvalue weighted by Gasteiger charge is 2.03. The number of aromatic amines is 1. The van der Waals surface area contributed by atoms with Crippen LogP contribution in [0.4, 0.5) is 0 Å². The summed E-state index contributed by atoms with van der Waals surface area (Å²) in [5, 5.41) is 0.868. The molecule has 0 saturated heterocycles. The van der Waals surface area contributed by atoms with Crippen molar-refractivity contribution in [1.82, 2.24) is 9.97 Å². The molecule has 4 nitrogen and oxygen atoms in total. The molecule has 2 aromatic heterocycles. The van der Waals surface area contributed by atoms with Crippen molar-refractivity contribution in [3.05, 3.63) is 59.9 Å². The van der Waals surface area contributed by atoms with Gasteiger partial charge in [-0.1, -0.05) is 30.3 Å². The number of nitrogens with one attached hydrogen (secondary N) is 1. The summed E-state index contributed by atoms with van der Waals surface area (Å²) >= 11 is 0. The number of carbonyl (C=O) groups excluding carboxylic acids is 1. The Morgan fingerprint density at radius 1 is 1.21 bits per heavy atom. The molecule has 1 aromatic carbocycles. The van der Waals surface area contributed by atoms with Gasteiger partial charge in [-0.3, -0.25) is 4.79 Å². The number of rotatable bonds is 4.